The fourth-order valence-corrected chi connectivity index (χ4v) is 5.45. The van der Waals surface area contributed by atoms with Crippen LogP contribution in [0.3, 0.4) is 0 Å². The lowest BCUT2D eigenvalue weighted by atomic mass is 10.2. The maximum atomic E-state index is 12.7. The summed E-state index contributed by atoms with van der Waals surface area (Å²) in [5.41, 5.74) is 1.74. The van der Waals surface area contributed by atoms with Crippen LogP contribution in [0.2, 0.25) is 5.02 Å². The number of rotatable bonds is 6. The molecule has 3 heterocycles. The Morgan fingerprint density at radius 3 is 2.66 bits per heavy atom. The molecule has 2 aromatic heterocycles. The van der Waals surface area contributed by atoms with Gasteiger partial charge in [-0.1, -0.05) is 47.6 Å². The maximum absolute atomic E-state index is 12.7. The Bertz CT molecular complexity index is 1200. The van der Waals surface area contributed by atoms with E-state index in [1.165, 1.54) is 16.5 Å². The smallest absolute Gasteiger partial charge is 0.277 e. The second-order valence-electron chi connectivity index (χ2n) is 7.37. The molecule has 164 valence electrons. The van der Waals surface area contributed by atoms with Crippen molar-refractivity contribution in [3.63, 3.8) is 0 Å². The number of amides is 1. The van der Waals surface area contributed by atoms with Gasteiger partial charge in [0.1, 0.15) is 5.01 Å². The van der Waals surface area contributed by atoms with Crippen LogP contribution >= 0.6 is 34.7 Å². The van der Waals surface area contributed by atoms with Gasteiger partial charge in [0.15, 0.2) is 0 Å². The third-order valence-electron chi connectivity index (χ3n) is 5.25. The lowest BCUT2D eigenvalue weighted by Gasteiger charge is -2.34. The van der Waals surface area contributed by atoms with Crippen molar-refractivity contribution in [2.45, 2.75) is 11.8 Å². The highest BCUT2D eigenvalue weighted by molar-refractivity contribution is 7.99. The first-order chi connectivity index (χ1) is 15.7. The highest BCUT2D eigenvalue weighted by Gasteiger charge is 2.23. The monoisotopic (exact) mass is 485 g/mol. The number of hydrogen-bond acceptors (Lipinski definition) is 8. The molecule has 2 aromatic carbocycles. The number of hydrogen-bond donors (Lipinski definition) is 0. The van der Waals surface area contributed by atoms with E-state index in [9.17, 15) is 4.79 Å². The average Bonchev–Trinajstić information content (AvgIpc) is 3.45. The minimum Gasteiger partial charge on any atom is -0.411 e. The van der Waals surface area contributed by atoms with Crippen LogP contribution in [0, 0.1) is 0 Å². The molecule has 0 aliphatic carbocycles. The van der Waals surface area contributed by atoms with Crippen LogP contribution in [0.1, 0.15) is 5.01 Å². The molecule has 32 heavy (non-hydrogen) atoms. The molecule has 0 radical (unpaired) electrons. The van der Waals surface area contributed by atoms with E-state index >= 15 is 0 Å². The molecule has 5 rings (SSSR count). The predicted octanol–water partition coefficient (Wildman–Crippen LogP) is 4.44. The molecule has 4 aromatic rings. The first kappa shape index (κ1) is 21.4. The lowest BCUT2D eigenvalue weighted by molar-refractivity contribution is -0.130. The van der Waals surface area contributed by atoms with Crippen molar-refractivity contribution in [1.82, 2.24) is 25.0 Å². The summed E-state index contributed by atoms with van der Waals surface area (Å²) in [5, 5.41) is 10.1. The summed E-state index contributed by atoms with van der Waals surface area (Å²) in [6.07, 6.45) is 0. The number of para-hydroxylation sites is 1. The minimum absolute atomic E-state index is 0.0760. The summed E-state index contributed by atoms with van der Waals surface area (Å²) < 4.78 is 6.88. The lowest BCUT2D eigenvalue weighted by Crippen LogP contribution is -2.48. The van der Waals surface area contributed by atoms with Gasteiger partial charge in [0.2, 0.25) is 11.8 Å². The van der Waals surface area contributed by atoms with Crippen LogP contribution in [0.5, 0.6) is 0 Å². The van der Waals surface area contributed by atoms with E-state index in [4.69, 9.17) is 21.0 Å². The van der Waals surface area contributed by atoms with Crippen LogP contribution in [0.4, 0.5) is 0 Å². The zero-order chi connectivity index (χ0) is 21.9. The van der Waals surface area contributed by atoms with Gasteiger partial charge in [-0.3, -0.25) is 9.69 Å². The molecular weight excluding hydrogens is 466 g/mol. The number of carbonyl (C=O) groups excluding carboxylic acids is 1. The SMILES string of the molecule is O=C(CSc1nnc(-c2ccccc2Cl)o1)N1CCN(Cc2nc3ccccc3s2)CC1. The fourth-order valence-electron chi connectivity index (χ4n) is 3.56. The largest absolute Gasteiger partial charge is 0.411 e. The topological polar surface area (TPSA) is 75.4 Å². The number of halogens is 1. The van der Waals surface area contributed by atoms with Gasteiger partial charge in [-0.05, 0) is 24.3 Å². The van der Waals surface area contributed by atoms with Gasteiger partial charge in [0, 0.05) is 26.2 Å². The molecule has 1 aliphatic rings. The van der Waals surface area contributed by atoms with Crippen LogP contribution in [-0.2, 0) is 11.3 Å². The molecular formula is C22H20ClN5O2S2. The summed E-state index contributed by atoms with van der Waals surface area (Å²) >= 11 is 9.17. The highest BCUT2D eigenvalue weighted by atomic mass is 35.5. The van der Waals surface area contributed by atoms with Gasteiger partial charge in [-0.2, -0.15) is 0 Å². The molecule has 0 N–H and O–H groups in total. The molecule has 1 amide bonds. The summed E-state index contributed by atoms with van der Waals surface area (Å²) in [5.74, 6) is 0.698. The van der Waals surface area contributed by atoms with Crippen molar-refractivity contribution >= 4 is 50.8 Å². The standard InChI is InChI=1S/C22H20ClN5O2S2/c23-16-6-2-1-5-15(16)21-25-26-22(30-21)31-14-20(29)28-11-9-27(10-12-28)13-19-24-17-7-3-4-8-18(17)32-19/h1-8H,9-14H2. The summed E-state index contributed by atoms with van der Waals surface area (Å²) in [4.78, 5) is 21.6. The van der Waals surface area contributed by atoms with E-state index in [1.54, 1.807) is 17.4 Å². The van der Waals surface area contributed by atoms with Crippen molar-refractivity contribution in [2.75, 3.05) is 31.9 Å². The van der Waals surface area contributed by atoms with Crippen LogP contribution in [0.15, 0.2) is 58.2 Å². The molecule has 0 saturated carbocycles. The summed E-state index contributed by atoms with van der Waals surface area (Å²) in [6.45, 7) is 3.91. The third kappa shape index (κ3) is 4.80. The van der Waals surface area contributed by atoms with Crippen LogP contribution in [0.25, 0.3) is 21.7 Å². The molecule has 1 saturated heterocycles. The van der Waals surface area contributed by atoms with Gasteiger partial charge < -0.3 is 9.32 Å². The minimum atomic E-state index is 0.0760. The first-order valence-corrected chi connectivity index (χ1v) is 12.4. The Hall–Kier alpha value is -2.46. The Balaban J connectivity index is 1.11. The predicted molar refractivity (Wildman–Crippen MR) is 127 cm³/mol. The van der Waals surface area contributed by atoms with E-state index in [-0.39, 0.29) is 11.7 Å². The summed E-state index contributed by atoms with van der Waals surface area (Å²) in [7, 11) is 0. The molecule has 1 aliphatic heterocycles. The second kappa shape index (κ2) is 9.58. The van der Waals surface area contributed by atoms with Crippen molar-refractivity contribution in [3.05, 3.63) is 58.6 Å². The van der Waals surface area contributed by atoms with E-state index in [1.807, 2.05) is 41.3 Å². The van der Waals surface area contributed by atoms with Crippen molar-refractivity contribution in [1.29, 1.82) is 0 Å². The Labute approximate surface area is 198 Å². The van der Waals surface area contributed by atoms with Crippen molar-refractivity contribution < 1.29 is 9.21 Å². The number of benzene rings is 2. The molecule has 0 atom stereocenters. The molecule has 0 spiro atoms. The number of nitrogens with zero attached hydrogens (tertiary/aromatic N) is 5. The Kier molecular flexibility index (Phi) is 6.40. The maximum Gasteiger partial charge on any atom is 0.277 e. The zero-order valence-corrected chi connectivity index (χ0v) is 19.5. The zero-order valence-electron chi connectivity index (χ0n) is 17.1. The van der Waals surface area contributed by atoms with Gasteiger partial charge in [0.25, 0.3) is 5.22 Å². The van der Waals surface area contributed by atoms with Gasteiger partial charge in [0.05, 0.1) is 33.1 Å². The number of aromatic nitrogens is 3. The van der Waals surface area contributed by atoms with E-state index < -0.39 is 0 Å². The fraction of sp³-hybridized carbons (Fsp3) is 0.273. The van der Waals surface area contributed by atoms with Crippen LogP contribution < -0.4 is 0 Å². The molecule has 0 bridgehead atoms. The Morgan fingerprint density at radius 1 is 1.06 bits per heavy atom. The molecule has 7 nitrogen and oxygen atoms in total. The summed E-state index contributed by atoms with van der Waals surface area (Å²) in [6, 6.07) is 15.5. The van der Waals surface area contributed by atoms with E-state index in [2.05, 4.69) is 21.2 Å². The van der Waals surface area contributed by atoms with Crippen molar-refractivity contribution in [3.8, 4) is 11.5 Å². The van der Waals surface area contributed by atoms with Gasteiger partial charge in [-0.15, -0.1) is 21.5 Å². The van der Waals surface area contributed by atoms with Gasteiger partial charge in [-0.25, -0.2) is 4.98 Å². The number of thioether (sulfide) groups is 1. The van der Waals surface area contributed by atoms with E-state index in [0.29, 0.717) is 34.8 Å². The number of piperazine rings is 1. The number of carbonyl (C=O) groups is 1. The van der Waals surface area contributed by atoms with Crippen LogP contribution in [-0.4, -0.2) is 62.8 Å². The van der Waals surface area contributed by atoms with E-state index in [0.717, 1.165) is 30.2 Å². The normalized spacial score (nSPS) is 14.8. The molecule has 1 fully saturated rings. The number of thiazole rings is 1. The second-order valence-corrected chi connectivity index (χ2v) is 9.82. The number of fused-ring (bicyclic) bond motifs is 1. The third-order valence-corrected chi connectivity index (χ3v) is 7.41. The first-order valence-electron chi connectivity index (χ1n) is 10.2. The molecule has 0 unspecified atom stereocenters. The van der Waals surface area contributed by atoms with Gasteiger partial charge >= 0.3 is 0 Å². The average molecular weight is 486 g/mol. The molecule has 10 heteroatoms. The quantitative estimate of drug-likeness (QED) is 0.374. The van der Waals surface area contributed by atoms with Crippen molar-refractivity contribution in [2.24, 2.45) is 0 Å². The Morgan fingerprint density at radius 2 is 1.84 bits per heavy atom. The highest BCUT2D eigenvalue weighted by Crippen LogP contribution is 2.29.